The summed E-state index contributed by atoms with van der Waals surface area (Å²) in [6, 6.07) is 2.76. The third-order valence-electron chi connectivity index (χ3n) is 3.27. The largest absolute Gasteiger partial charge is 0.463 e. The highest BCUT2D eigenvalue weighted by atomic mass is 16.3. The maximum Gasteiger partial charge on any atom is 0.120 e. The zero-order valence-electron chi connectivity index (χ0n) is 11.8. The Morgan fingerprint density at radius 3 is 2.76 bits per heavy atom. The maximum atomic E-state index is 5.85. The molecule has 1 rings (SSSR count). The van der Waals surface area contributed by atoms with Crippen molar-refractivity contribution in [1.82, 2.24) is 10.2 Å². The second kappa shape index (κ2) is 6.82. The molecule has 0 spiro atoms. The summed E-state index contributed by atoms with van der Waals surface area (Å²) in [5, 5.41) is 3.13. The molecule has 0 fully saturated rings. The summed E-state index contributed by atoms with van der Waals surface area (Å²) in [7, 11) is 4.10. The van der Waals surface area contributed by atoms with Gasteiger partial charge in [-0.15, -0.1) is 0 Å². The molecule has 1 atom stereocenters. The maximum absolute atomic E-state index is 5.85. The predicted octanol–water partition coefficient (Wildman–Crippen LogP) is 2.93. The van der Waals surface area contributed by atoms with Gasteiger partial charge in [-0.2, -0.15) is 0 Å². The Balaban J connectivity index is 2.59. The highest BCUT2D eigenvalue weighted by Gasteiger charge is 2.12. The molecule has 0 amide bonds. The first-order valence-corrected chi connectivity index (χ1v) is 6.51. The van der Waals surface area contributed by atoms with E-state index in [1.54, 1.807) is 0 Å². The van der Waals surface area contributed by atoms with Crippen LogP contribution in [0.15, 0.2) is 10.5 Å². The van der Waals surface area contributed by atoms with E-state index < -0.39 is 0 Å². The molecule has 0 aliphatic rings. The van der Waals surface area contributed by atoms with Crippen LogP contribution in [0.1, 0.15) is 43.8 Å². The zero-order chi connectivity index (χ0) is 12.8. The lowest BCUT2D eigenvalue weighted by Crippen LogP contribution is -2.28. The molecule has 0 aromatic carbocycles. The average Bonchev–Trinajstić information content (AvgIpc) is 2.60. The number of furan rings is 1. The molecule has 1 unspecified atom stereocenters. The third-order valence-corrected chi connectivity index (χ3v) is 3.27. The lowest BCUT2D eigenvalue weighted by Gasteiger charge is -2.23. The topological polar surface area (TPSA) is 28.4 Å². The highest BCUT2D eigenvalue weighted by molar-refractivity contribution is 5.20. The van der Waals surface area contributed by atoms with E-state index in [0.717, 1.165) is 24.6 Å². The number of hydrogen-bond donors (Lipinski definition) is 1. The number of nitrogens with one attached hydrogen (secondary N) is 1. The third kappa shape index (κ3) is 4.17. The predicted molar refractivity (Wildman–Crippen MR) is 72.0 cm³/mol. The van der Waals surface area contributed by atoms with Crippen molar-refractivity contribution in [3.05, 3.63) is 23.2 Å². The van der Waals surface area contributed by atoms with Crippen LogP contribution in [0.4, 0.5) is 0 Å². The monoisotopic (exact) mass is 238 g/mol. The molecule has 3 nitrogen and oxygen atoms in total. The molecule has 0 bridgehead atoms. The summed E-state index contributed by atoms with van der Waals surface area (Å²) in [6.45, 7) is 8.31. The fourth-order valence-electron chi connectivity index (χ4n) is 2.04. The number of aryl methyl sites for hydroxylation is 1. The van der Waals surface area contributed by atoms with Crippen LogP contribution in [0, 0.1) is 6.92 Å². The Morgan fingerprint density at radius 1 is 1.47 bits per heavy atom. The summed E-state index contributed by atoms with van der Waals surface area (Å²) in [5.74, 6) is 2.12. The second-order valence-corrected chi connectivity index (χ2v) is 4.90. The van der Waals surface area contributed by atoms with E-state index in [-0.39, 0.29) is 0 Å². The first-order chi connectivity index (χ1) is 8.08. The fraction of sp³-hybridized carbons (Fsp3) is 0.714. The number of rotatable bonds is 7. The van der Waals surface area contributed by atoms with Crippen LogP contribution >= 0.6 is 0 Å². The van der Waals surface area contributed by atoms with Crippen molar-refractivity contribution in [3.63, 3.8) is 0 Å². The standard InChI is InChI=1S/C14H26N2O/c1-6-7-12(3)16(5)10-13-8-11(2)14(17-13)9-15-4/h8,12,15H,6-7,9-10H2,1-5H3. The fourth-order valence-corrected chi connectivity index (χ4v) is 2.04. The SMILES string of the molecule is CCCC(C)N(C)Cc1cc(C)c(CNC)o1. The molecular formula is C14H26N2O. The molecule has 17 heavy (non-hydrogen) atoms. The Kier molecular flexibility index (Phi) is 5.72. The van der Waals surface area contributed by atoms with Gasteiger partial charge in [-0.25, -0.2) is 0 Å². The zero-order valence-corrected chi connectivity index (χ0v) is 11.8. The molecule has 0 radical (unpaired) electrons. The molecule has 0 saturated carbocycles. The molecule has 1 N–H and O–H groups in total. The molecule has 0 aliphatic heterocycles. The quantitative estimate of drug-likeness (QED) is 0.791. The minimum Gasteiger partial charge on any atom is -0.463 e. The summed E-state index contributed by atoms with van der Waals surface area (Å²) in [5.41, 5.74) is 1.24. The van der Waals surface area contributed by atoms with E-state index in [1.165, 1.54) is 18.4 Å². The van der Waals surface area contributed by atoms with Crippen molar-refractivity contribution in [2.75, 3.05) is 14.1 Å². The highest BCUT2D eigenvalue weighted by Crippen LogP contribution is 2.17. The number of nitrogens with zero attached hydrogens (tertiary/aromatic N) is 1. The van der Waals surface area contributed by atoms with Gasteiger partial charge in [0, 0.05) is 6.04 Å². The summed E-state index contributed by atoms with van der Waals surface area (Å²) >= 11 is 0. The van der Waals surface area contributed by atoms with Gasteiger partial charge in [-0.1, -0.05) is 13.3 Å². The van der Waals surface area contributed by atoms with E-state index in [0.29, 0.717) is 6.04 Å². The first kappa shape index (κ1) is 14.3. The lowest BCUT2D eigenvalue weighted by molar-refractivity contribution is 0.217. The molecule has 1 aromatic rings. The minimum atomic E-state index is 0.609. The van der Waals surface area contributed by atoms with Gasteiger partial charge in [0.05, 0.1) is 13.1 Å². The molecule has 0 saturated heterocycles. The van der Waals surface area contributed by atoms with Crippen molar-refractivity contribution < 1.29 is 4.42 Å². The van der Waals surface area contributed by atoms with Gasteiger partial charge >= 0.3 is 0 Å². The molecule has 1 heterocycles. The average molecular weight is 238 g/mol. The Labute approximate surface area is 105 Å². The molecule has 3 heteroatoms. The molecule has 98 valence electrons. The van der Waals surface area contributed by atoms with E-state index in [9.17, 15) is 0 Å². The van der Waals surface area contributed by atoms with Crippen molar-refractivity contribution in [2.45, 2.75) is 52.7 Å². The van der Waals surface area contributed by atoms with Crippen LogP contribution in [-0.4, -0.2) is 25.0 Å². The van der Waals surface area contributed by atoms with Crippen LogP contribution in [0.5, 0.6) is 0 Å². The van der Waals surface area contributed by atoms with Crippen LogP contribution in [0.2, 0.25) is 0 Å². The van der Waals surface area contributed by atoms with E-state index in [2.05, 4.69) is 44.1 Å². The van der Waals surface area contributed by atoms with Gasteiger partial charge in [0.2, 0.25) is 0 Å². The lowest BCUT2D eigenvalue weighted by atomic mass is 10.1. The van der Waals surface area contributed by atoms with E-state index >= 15 is 0 Å². The molecule has 0 aliphatic carbocycles. The van der Waals surface area contributed by atoms with Gasteiger partial charge in [-0.3, -0.25) is 4.90 Å². The Bertz CT molecular complexity index is 333. The first-order valence-electron chi connectivity index (χ1n) is 6.51. The van der Waals surface area contributed by atoms with Gasteiger partial charge in [-0.05, 0) is 46.0 Å². The van der Waals surface area contributed by atoms with Crippen LogP contribution < -0.4 is 5.32 Å². The summed E-state index contributed by atoms with van der Waals surface area (Å²) < 4.78 is 5.85. The van der Waals surface area contributed by atoms with Crippen LogP contribution in [0.3, 0.4) is 0 Å². The molecule has 1 aromatic heterocycles. The second-order valence-electron chi connectivity index (χ2n) is 4.90. The van der Waals surface area contributed by atoms with Gasteiger partial charge in [0.25, 0.3) is 0 Å². The van der Waals surface area contributed by atoms with E-state index in [4.69, 9.17) is 4.42 Å². The summed E-state index contributed by atoms with van der Waals surface area (Å²) in [6.07, 6.45) is 2.47. The van der Waals surface area contributed by atoms with Crippen LogP contribution in [0.25, 0.3) is 0 Å². The Morgan fingerprint density at radius 2 is 2.18 bits per heavy atom. The Hall–Kier alpha value is -0.800. The van der Waals surface area contributed by atoms with Crippen molar-refractivity contribution in [3.8, 4) is 0 Å². The minimum absolute atomic E-state index is 0.609. The van der Waals surface area contributed by atoms with E-state index in [1.807, 2.05) is 7.05 Å². The van der Waals surface area contributed by atoms with Crippen molar-refractivity contribution in [1.29, 1.82) is 0 Å². The van der Waals surface area contributed by atoms with Crippen molar-refractivity contribution >= 4 is 0 Å². The van der Waals surface area contributed by atoms with Gasteiger partial charge in [0.1, 0.15) is 11.5 Å². The smallest absolute Gasteiger partial charge is 0.120 e. The van der Waals surface area contributed by atoms with Crippen LogP contribution in [-0.2, 0) is 13.1 Å². The molecular weight excluding hydrogens is 212 g/mol. The van der Waals surface area contributed by atoms with Gasteiger partial charge in [0.15, 0.2) is 0 Å². The summed E-state index contributed by atoms with van der Waals surface area (Å²) in [4.78, 5) is 2.35. The van der Waals surface area contributed by atoms with Crippen molar-refractivity contribution in [2.24, 2.45) is 0 Å². The van der Waals surface area contributed by atoms with Gasteiger partial charge < -0.3 is 9.73 Å². The normalized spacial score (nSPS) is 13.3. The number of hydrogen-bond acceptors (Lipinski definition) is 3.